The molecule has 0 N–H and O–H groups in total. The van der Waals surface area contributed by atoms with Gasteiger partial charge in [0.1, 0.15) is 0 Å². The average Bonchev–Trinajstić information content (AvgIpc) is 2.12. The van der Waals surface area contributed by atoms with Crippen molar-refractivity contribution in [2.75, 3.05) is 0 Å². The number of rotatable bonds is 2. The van der Waals surface area contributed by atoms with Gasteiger partial charge in [0.05, 0.1) is 0 Å². The van der Waals surface area contributed by atoms with Gasteiger partial charge in [-0.15, -0.1) is 0 Å². The summed E-state index contributed by atoms with van der Waals surface area (Å²) < 4.78 is 0. The summed E-state index contributed by atoms with van der Waals surface area (Å²) in [6.45, 7) is 14.6. The first-order valence-electron chi connectivity index (χ1n) is 6.40. The maximum absolute atomic E-state index is 2.47. The van der Waals surface area contributed by atoms with Gasteiger partial charge in [-0.2, -0.15) is 0 Å². The zero-order valence-electron chi connectivity index (χ0n) is 10.9. The highest BCUT2D eigenvalue weighted by Gasteiger charge is 2.40. The molecule has 0 saturated heterocycles. The maximum Gasteiger partial charge on any atom is -0.0309 e. The van der Waals surface area contributed by atoms with Gasteiger partial charge < -0.3 is 0 Å². The maximum atomic E-state index is 2.47. The normalized spacial score (nSPS) is 39.9. The van der Waals surface area contributed by atoms with Crippen LogP contribution in [0.2, 0.25) is 0 Å². The van der Waals surface area contributed by atoms with Crippen LogP contribution in [0.1, 0.15) is 60.8 Å². The van der Waals surface area contributed by atoms with Crippen LogP contribution in [0, 0.1) is 29.1 Å². The van der Waals surface area contributed by atoms with Crippen LogP contribution in [-0.4, -0.2) is 0 Å². The fourth-order valence-corrected chi connectivity index (χ4v) is 3.56. The van der Waals surface area contributed by atoms with Crippen molar-refractivity contribution in [3.05, 3.63) is 0 Å². The van der Waals surface area contributed by atoms with E-state index in [0.717, 1.165) is 23.7 Å². The molecule has 1 fully saturated rings. The van der Waals surface area contributed by atoms with Crippen molar-refractivity contribution < 1.29 is 0 Å². The molecule has 4 atom stereocenters. The van der Waals surface area contributed by atoms with Crippen LogP contribution < -0.4 is 0 Å². The zero-order chi connectivity index (χ0) is 10.9. The Kier molecular flexibility index (Phi) is 3.66. The van der Waals surface area contributed by atoms with E-state index < -0.39 is 0 Å². The minimum absolute atomic E-state index is 0.535. The molecular formula is C14H28. The summed E-state index contributed by atoms with van der Waals surface area (Å²) in [5.74, 6) is 3.70. The van der Waals surface area contributed by atoms with Gasteiger partial charge >= 0.3 is 0 Å². The van der Waals surface area contributed by atoms with E-state index in [1.54, 1.807) is 0 Å². The molecule has 1 rings (SSSR count). The van der Waals surface area contributed by atoms with Crippen molar-refractivity contribution in [1.29, 1.82) is 0 Å². The topological polar surface area (TPSA) is 0 Å². The summed E-state index contributed by atoms with van der Waals surface area (Å²) in [4.78, 5) is 0. The molecular weight excluding hydrogens is 168 g/mol. The van der Waals surface area contributed by atoms with Gasteiger partial charge in [0.25, 0.3) is 0 Å². The van der Waals surface area contributed by atoms with Gasteiger partial charge in [0, 0.05) is 0 Å². The Balaban J connectivity index is 2.82. The van der Waals surface area contributed by atoms with E-state index in [4.69, 9.17) is 0 Å². The standard InChI is InChI=1S/C14H28/c1-7-14(5,6)13-11(3)9-8-10(2)12(13)4/h10-13H,7-9H2,1-6H3. The third kappa shape index (κ3) is 2.15. The molecule has 1 aliphatic rings. The second-order valence-corrected chi connectivity index (χ2v) is 6.26. The van der Waals surface area contributed by atoms with Crippen LogP contribution in [0.25, 0.3) is 0 Å². The van der Waals surface area contributed by atoms with E-state index in [2.05, 4.69) is 41.5 Å². The summed E-state index contributed by atoms with van der Waals surface area (Å²) in [5, 5.41) is 0. The Morgan fingerprint density at radius 1 is 1.00 bits per heavy atom. The summed E-state index contributed by atoms with van der Waals surface area (Å²) in [6.07, 6.45) is 4.21. The van der Waals surface area contributed by atoms with E-state index >= 15 is 0 Å². The lowest BCUT2D eigenvalue weighted by Crippen LogP contribution is -2.40. The molecule has 0 spiro atoms. The van der Waals surface area contributed by atoms with Crippen LogP contribution in [0.15, 0.2) is 0 Å². The third-order valence-corrected chi connectivity index (χ3v) is 4.97. The Morgan fingerprint density at radius 2 is 1.50 bits per heavy atom. The van der Waals surface area contributed by atoms with Crippen LogP contribution in [0.4, 0.5) is 0 Å². The molecule has 1 saturated carbocycles. The highest BCUT2D eigenvalue weighted by molar-refractivity contribution is 4.89. The Bertz CT molecular complexity index is 180. The van der Waals surface area contributed by atoms with Crippen LogP contribution >= 0.6 is 0 Å². The fourth-order valence-electron chi connectivity index (χ4n) is 3.56. The van der Waals surface area contributed by atoms with Crippen molar-refractivity contribution in [1.82, 2.24) is 0 Å². The van der Waals surface area contributed by atoms with Crippen LogP contribution in [-0.2, 0) is 0 Å². The summed E-state index contributed by atoms with van der Waals surface area (Å²) in [7, 11) is 0. The second kappa shape index (κ2) is 4.24. The van der Waals surface area contributed by atoms with Crippen molar-refractivity contribution in [2.24, 2.45) is 29.1 Å². The van der Waals surface area contributed by atoms with E-state index in [-0.39, 0.29) is 0 Å². The smallest absolute Gasteiger partial charge is 0.0309 e. The molecule has 4 unspecified atom stereocenters. The van der Waals surface area contributed by atoms with Crippen molar-refractivity contribution >= 4 is 0 Å². The molecule has 1 aliphatic carbocycles. The van der Waals surface area contributed by atoms with Crippen LogP contribution in [0.5, 0.6) is 0 Å². The van der Waals surface area contributed by atoms with Crippen LogP contribution in [0.3, 0.4) is 0 Å². The van der Waals surface area contributed by atoms with Crippen molar-refractivity contribution in [2.45, 2.75) is 60.8 Å². The third-order valence-electron chi connectivity index (χ3n) is 4.97. The molecule has 0 aromatic rings. The largest absolute Gasteiger partial charge is 0.0649 e. The lowest BCUT2D eigenvalue weighted by Gasteiger charge is -2.47. The fraction of sp³-hybridized carbons (Fsp3) is 1.00. The zero-order valence-corrected chi connectivity index (χ0v) is 10.9. The molecule has 0 radical (unpaired) electrons. The predicted molar refractivity (Wildman–Crippen MR) is 64.3 cm³/mol. The molecule has 0 amide bonds. The Morgan fingerprint density at radius 3 is 2.00 bits per heavy atom. The van der Waals surface area contributed by atoms with Crippen molar-refractivity contribution in [3.63, 3.8) is 0 Å². The van der Waals surface area contributed by atoms with Gasteiger partial charge in [-0.1, -0.05) is 60.8 Å². The predicted octanol–water partition coefficient (Wildman–Crippen LogP) is 4.74. The first kappa shape index (κ1) is 12.1. The van der Waals surface area contributed by atoms with E-state index in [9.17, 15) is 0 Å². The molecule has 0 bridgehead atoms. The molecule has 0 nitrogen and oxygen atoms in total. The number of hydrogen-bond donors (Lipinski definition) is 0. The van der Waals surface area contributed by atoms with Gasteiger partial charge in [-0.25, -0.2) is 0 Å². The molecule has 0 aromatic carbocycles. The van der Waals surface area contributed by atoms with E-state index in [1.165, 1.54) is 19.3 Å². The van der Waals surface area contributed by atoms with Gasteiger partial charge in [0.15, 0.2) is 0 Å². The molecule has 0 aromatic heterocycles. The quantitative estimate of drug-likeness (QED) is 0.598. The molecule has 0 aliphatic heterocycles. The van der Waals surface area contributed by atoms with Crippen molar-refractivity contribution in [3.8, 4) is 0 Å². The monoisotopic (exact) mass is 196 g/mol. The molecule has 0 heterocycles. The average molecular weight is 196 g/mol. The Hall–Kier alpha value is 0. The summed E-state index contributed by atoms with van der Waals surface area (Å²) in [5.41, 5.74) is 0.535. The summed E-state index contributed by atoms with van der Waals surface area (Å²) >= 11 is 0. The molecule has 84 valence electrons. The minimum atomic E-state index is 0.535. The lowest BCUT2D eigenvalue weighted by molar-refractivity contribution is 0.0188. The first-order valence-corrected chi connectivity index (χ1v) is 6.40. The SMILES string of the molecule is CCC(C)(C)C1C(C)CCC(C)C1C. The van der Waals surface area contributed by atoms with Gasteiger partial charge in [-0.05, 0) is 29.1 Å². The first-order chi connectivity index (χ1) is 6.40. The highest BCUT2D eigenvalue weighted by Crippen LogP contribution is 2.48. The van der Waals surface area contributed by atoms with E-state index in [1.807, 2.05) is 0 Å². The second-order valence-electron chi connectivity index (χ2n) is 6.26. The molecule has 0 heteroatoms. The van der Waals surface area contributed by atoms with Gasteiger partial charge in [0.2, 0.25) is 0 Å². The van der Waals surface area contributed by atoms with Gasteiger partial charge in [-0.3, -0.25) is 0 Å². The minimum Gasteiger partial charge on any atom is -0.0649 e. The lowest BCUT2D eigenvalue weighted by atomic mass is 9.58. The highest BCUT2D eigenvalue weighted by atomic mass is 14.5. The molecule has 14 heavy (non-hydrogen) atoms. The Labute approximate surface area is 90.5 Å². The van der Waals surface area contributed by atoms with E-state index in [0.29, 0.717) is 5.41 Å². The number of hydrogen-bond acceptors (Lipinski definition) is 0. The summed E-state index contributed by atoms with van der Waals surface area (Å²) in [6, 6.07) is 0.